The quantitative estimate of drug-likeness (QED) is 0.851. The highest BCUT2D eigenvalue weighted by Gasteiger charge is 1.99. The molecule has 0 aliphatic heterocycles. The molecule has 1 aromatic rings. The number of alkyl halides is 1. The van der Waals surface area contributed by atoms with Crippen molar-refractivity contribution in [2.75, 3.05) is 11.9 Å². The Balaban J connectivity index is 2.47. The van der Waals surface area contributed by atoms with E-state index in [-0.39, 0.29) is 5.38 Å². The van der Waals surface area contributed by atoms with E-state index in [1.807, 2.05) is 26.1 Å². The maximum absolute atomic E-state index is 5.83. The van der Waals surface area contributed by atoms with Crippen molar-refractivity contribution < 1.29 is 0 Å². The zero-order chi connectivity index (χ0) is 10.6. The van der Waals surface area contributed by atoms with Crippen molar-refractivity contribution in [1.82, 2.24) is 4.98 Å². The van der Waals surface area contributed by atoms with Crippen LogP contribution in [0.25, 0.3) is 0 Å². The van der Waals surface area contributed by atoms with Gasteiger partial charge in [-0.05, 0) is 47.8 Å². The first-order valence-electron chi connectivity index (χ1n) is 4.59. The number of rotatable bonds is 4. The minimum atomic E-state index is 0.207. The number of anilines is 1. The highest BCUT2D eigenvalue weighted by molar-refractivity contribution is 9.10. The van der Waals surface area contributed by atoms with E-state index in [4.69, 9.17) is 11.6 Å². The van der Waals surface area contributed by atoms with Crippen LogP contribution in [0, 0.1) is 6.92 Å². The summed E-state index contributed by atoms with van der Waals surface area (Å²) in [4.78, 5) is 4.23. The van der Waals surface area contributed by atoms with Gasteiger partial charge in [0.15, 0.2) is 0 Å². The molecule has 1 aromatic heterocycles. The van der Waals surface area contributed by atoms with E-state index in [2.05, 4.69) is 26.2 Å². The lowest BCUT2D eigenvalue weighted by atomic mass is 10.3. The van der Waals surface area contributed by atoms with Crippen molar-refractivity contribution in [3.05, 3.63) is 22.3 Å². The van der Waals surface area contributed by atoms with Gasteiger partial charge in [-0.25, -0.2) is 4.98 Å². The molecule has 78 valence electrons. The minimum Gasteiger partial charge on any atom is -0.370 e. The molecule has 4 heteroatoms. The van der Waals surface area contributed by atoms with Gasteiger partial charge >= 0.3 is 0 Å². The monoisotopic (exact) mass is 276 g/mol. The molecule has 2 nitrogen and oxygen atoms in total. The molecule has 0 fully saturated rings. The summed E-state index contributed by atoms with van der Waals surface area (Å²) in [6, 6.07) is 2.02. The molecule has 0 spiro atoms. The van der Waals surface area contributed by atoms with Crippen molar-refractivity contribution in [2.24, 2.45) is 0 Å². The highest BCUT2D eigenvalue weighted by Crippen LogP contribution is 2.17. The van der Waals surface area contributed by atoms with Gasteiger partial charge < -0.3 is 5.32 Å². The molecule has 0 bridgehead atoms. The summed E-state index contributed by atoms with van der Waals surface area (Å²) in [5.41, 5.74) is 1.18. The fourth-order valence-corrected chi connectivity index (χ4v) is 1.36. The number of aromatic nitrogens is 1. The lowest BCUT2D eigenvalue weighted by molar-refractivity contribution is 0.839. The molecule has 1 heterocycles. The average molecular weight is 278 g/mol. The molecule has 0 amide bonds. The Labute approximate surface area is 98.2 Å². The van der Waals surface area contributed by atoms with Gasteiger partial charge in [-0.2, -0.15) is 0 Å². The second-order valence-electron chi connectivity index (χ2n) is 3.31. The SMILES string of the molecule is Cc1cc(NCCC(C)Cl)ncc1Br. The number of pyridine rings is 1. The summed E-state index contributed by atoms with van der Waals surface area (Å²) in [6.45, 7) is 4.89. The standard InChI is InChI=1S/C10H14BrClN2/c1-7-5-10(14-6-9(7)11)13-4-3-8(2)12/h5-6,8H,3-4H2,1-2H3,(H,13,14). The van der Waals surface area contributed by atoms with Crippen molar-refractivity contribution in [2.45, 2.75) is 25.6 Å². The van der Waals surface area contributed by atoms with Crippen LogP contribution < -0.4 is 5.32 Å². The van der Waals surface area contributed by atoms with Crippen LogP contribution in [-0.2, 0) is 0 Å². The Kier molecular flexibility index (Phi) is 4.69. The first-order valence-corrected chi connectivity index (χ1v) is 5.82. The molecular weight excluding hydrogens is 263 g/mol. The third-order valence-corrected chi connectivity index (χ3v) is 2.94. The van der Waals surface area contributed by atoms with Crippen LogP contribution in [0.3, 0.4) is 0 Å². The summed E-state index contributed by atoms with van der Waals surface area (Å²) < 4.78 is 1.04. The molecular formula is C10H14BrClN2. The fraction of sp³-hybridized carbons (Fsp3) is 0.500. The summed E-state index contributed by atoms with van der Waals surface area (Å²) in [6.07, 6.45) is 2.75. The van der Waals surface area contributed by atoms with Crippen molar-refractivity contribution >= 4 is 33.3 Å². The van der Waals surface area contributed by atoms with Gasteiger partial charge in [-0.15, -0.1) is 11.6 Å². The van der Waals surface area contributed by atoms with Gasteiger partial charge in [0.05, 0.1) is 0 Å². The number of aryl methyl sites for hydroxylation is 1. The molecule has 1 N–H and O–H groups in total. The van der Waals surface area contributed by atoms with Gasteiger partial charge in [-0.1, -0.05) is 0 Å². The van der Waals surface area contributed by atoms with E-state index < -0.39 is 0 Å². The Hall–Kier alpha value is -0.280. The van der Waals surface area contributed by atoms with Gasteiger partial charge in [0, 0.05) is 22.6 Å². The lowest BCUT2D eigenvalue weighted by Gasteiger charge is -2.07. The van der Waals surface area contributed by atoms with Crippen molar-refractivity contribution in [3.63, 3.8) is 0 Å². The smallest absolute Gasteiger partial charge is 0.126 e. The Morgan fingerprint density at radius 1 is 1.64 bits per heavy atom. The largest absolute Gasteiger partial charge is 0.370 e. The summed E-state index contributed by atoms with van der Waals surface area (Å²) in [5.74, 6) is 0.906. The first-order chi connectivity index (χ1) is 6.59. The third kappa shape index (κ3) is 3.84. The van der Waals surface area contributed by atoms with Gasteiger partial charge in [0.1, 0.15) is 5.82 Å². The van der Waals surface area contributed by atoms with Crippen LogP contribution in [0.4, 0.5) is 5.82 Å². The van der Waals surface area contributed by atoms with Crippen molar-refractivity contribution in [3.8, 4) is 0 Å². The van der Waals surface area contributed by atoms with E-state index in [9.17, 15) is 0 Å². The van der Waals surface area contributed by atoms with Crippen LogP contribution in [0.5, 0.6) is 0 Å². The second kappa shape index (κ2) is 5.56. The minimum absolute atomic E-state index is 0.207. The van der Waals surface area contributed by atoms with E-state index in [0.29, 0.717) is 0 Å². The van der Waals surface area contributed by atoms with Crippen molar-refractivity contribution in [1.29, 1.82) is 0 Å². The molecule has 0 aromatic carbocycles. The van der Waals surface area contributed by atoms with Crippen LogP contribution >= 0.6 is 27.5 Å². The number of halogens is 2. The van der Waals surface area contributed by atoms with E-state index >= 15 is 0 Å². The molecule has 1 unspecified atom stereocenters. The van der Waals surface area contributed by atoms with E-state index in [0.717, 1.165) is 23.3 Å². The Morgan fingerprint density at radius 2 is 2.36 bits per heavy atom. The van der Waals surface area contributed by atoms with Crippen LogP contribution in [0.1, 0.15) is 18.9 Å². The molecule has 0 aliphatic carbocycles. The summed E-state index contributed by atoms with van der Waals surface area (Å²) in [5, 5.41) is 3.44. The molecule has 0 saturated carbocycles. The van der Waals surface area contributed by atoms with Gasteiger partial charge in [-0.3, -0.25) is 0 Å². The van der Waals surface area contributed by atoms with Gasteiger partial charge in [0.25, 0.3) is 0 Å². The predicted molar refractivity (Wildman–Crippen MR) is 65.1 cm³/mol. The number of hydrogen-bond donors (Lipinski definition) is 1. The van der Waals surface area contributed by atoms with E-state index in [1.165, 1.54) is 5.56 Å². The predicted octanol–water partition coefficient (Wildman–Crippen LogP) is 3.58. The van der Waals surface area contributed by atoms with Crippen LogP contribution in [0.2, 0.25) is 0 Å². The lowest BCUT2D eigenvalue weighted by Crippen LogP contribution is -2.07. The third-order valence-electron chi connectivity index (χ3n) is 1.90. The summed E-state index contributed by atoms with van der Waals surface area (Å²) in [7, 11) is 0. The Morgan fingerprint density at radius 3 is 2.93 bits per heavy atom. The topological polar surface area (TPSA) is 24.9 Å². The number of nitrogens with one attached hydrogen (secondary N) is 1. The zero-order valence-electron chi connectivity index (χ0n) is 8.35. The number of nitrogens with zero attached hydrogens (tertiary/aromatic N) is 1. The summed E-state index contributed by atoms with van der Waals surface area (Å²) >= 11 is 9.24. The van der Waals surface area contributed by atoms with Crippen LogP contribution in [0.15, 0.2) is 16.7 Å². The second-order valence-corrected chi connectivity index (χ2v) is 4.91. The van der Waals surface area contributed by atoms with Crippen LogP contribution in [-0.4, -0.2) is 16.9 Å². The maximum Gasteiger partial charge on any atom is 0.126 e. The molecule has 0 radical (unpaired) electrons. The van der Waals surface area contributed by atoms with Gasteiger partial charge in [0.2, 0.25) is 0 Å². The maximum atomic E-state index is 5.83. The molecule has 0 aliphatic rings. The molecule has 1 rings (SSSR count). The number of hydrogen-bond acceptors (Lipinski definition) is 2. The zero-order valence-corrected chi connectivity index (χ0v) is 10.7. The van der Waals surface area contributed by atoms with E-state index in [1.54, 1.807) is 0 Å². The molecule has 14 heavy (non-hydrogen) atoms. The first kappa shape index (κ1) is 11.8. The highest BCUT2D eigenvalue weighted by atomic mass is 79.9. The Bertz CT molecular complexity index is 302. The molecule has 1 atom stereocenters. The normalized spacial score (nSPS) is 12.6. The molecule has 0 saturated heterocycles. The average Bonchev–Trinajstić information content (AvgIpc) is 2.10. The fourth-order valence-electron chi connectivity index (χ4n) is 1.04.